The van der Waals surface area contributed by atoms with Crippen molar-refractivity contribution in [2.75, 3.05) is 0 Å². The van der Waals surface area contributed by atoms with Gasteiger partial charge < -0.3 is 0 Å². The van der Waals surface area contributed by atoms with E-state index >= 15 is 0 Å². The number of aliphatic hydroxyl groups is 1. The summed E-state index contributed by atoms with van der Waals surface area (Å²) in [6.45, 7) is 27.0. The fourth-order valence-electron chi connectivity index (χ4n) is 0.0481. The molecular formula is C9H6Fe2O7Se2+6. The fourth-order valence-corrected chi connectivity index (χ4v) is 1.30. The zero-order valence-electron chi connectivity index (χ0n) is 9.41. The van der Waals surface area contributed by atoms with E-state index in [0.29, 0.717) is 0 Å². The molecule has 0 heterocycles. The molecule has 0 fully saturated rings. The van der Waals surface area contributed by atoms with Gasteiger partial charge in [-0.05, 0) is 0 Å². The van der Waals surface area contributed by atoms with Crippen LogP contribution in [0.25, 0.3) is 0 Å². The van der Waals surface area contributed by atoms with Gasteiger partial charge in [0.2, 0.25) is 0 Å². The molecule has 0 aliphatic rings. The molecule has 0 aliphatic heterocycles. The van der Waals surface area contributed by atoms with Crippen LogP contribution in [0, 0.1) is 39.9 Å². The summed E-state index contributed by atoms with van der Waals surface area (Å²) in [5.74, 6) is 0. The Bertz CT molecular complexity index is 163. The van der Waals surface area contributed by atoms with Gasteiger partial charge in [0.25, 0.3) is 0 Å². The Labute approximate surface area is 155 Å². The molecule has 0 aromatic heterocycles. The summed E-state index contributed by atoms with van der Waals surface area (Å²) < 4.78 is 45.0. The van der Waals surface area contributed by atoms with Crippen molar-refractivity contribution in [3.8, 4) is 0 Å². The van der Waals surface area contributed by atoms with E-state index < -0.39 is 0 Å². The first-order valence-electron chi connectivity index (χ1n) is 2.88. The van der Waals surface area contributed by atoms with Gasteiger partial charge >= 0.3 is 156 Å². The van der Waals surface area contributed by atoms with Gasteiger partial charge in [0, 0.05) is 0 Å². The second-order valence-corrected chi connectivity index (χ2v) is 2.39. The van der Waals surface area contributed by atoms with Gasteiger partial charge in [-0.15, -0.1) is 0 Å². The Morgan fingerprint density at radius 2 is 0.700 bits per heavy atom. The van der Waals surface area contributed by atoms with Crippen molar-refractivity contribution in [3.05, 3.63) is 39.9 Å². The summed E-state index contributed by atoms with van der Waals surface area (Å²) in [4.78, 5) is 0. The zero-order chi connectivity index (χ0) is 17.0. The predicted molar refractivity (Wildman–Crippen MR) is 50.7 cm³/mol. The molecule has 0 spiro atoms. The Morgan fingerprint density at radius 3 is 0.700 bits per heavy atom. The van der Waals surface area contributed by atoms with Gasteiger partial charge in [-0.25, -0.2) is 0 Å². The predicted octanol–water partition coefficient (Wildman–Crippen LogP) is -0.709. The second-order valence-electron chi connectivity index (χ2n) is 0.987. The van der Waals surface area contributed by atoms with Crippen LogP contribution in [-0.2, 0) is 62.1 Å². The maximum absolute atomic E-state index is 8.60. The zero-order valence-corrected chi connectivity index (χ0v) is 15.0. The molecule has 0 rings (SSSR count). The van der Waals surface area contributed by atoms with E-state index in [1.54, 1.807) is 0 Å². The quantitative estimate of drug-likeness (QED) is 0.302. The van der Waals surface area contributed by atoms with E-state index in [0.717, 1.165) is 10.6 Å². The maximum atomic E-state index is 8.60. The number of rotatable bonds is 2. The molecule has 4 radical (unpaired) electrons. The number of hydrogen-bond donors (Lipinski definition) is 1. The van der Waals surface area contributed by atoms with Crippen LogP contribution in [0.5, 0.6) is 0 Å². The average Bonchev–Trinajstić information content (AvgIpc) is 2.57. The third kappa shape index (κ3) is 282. The van der Waals surface area contributed by atoms with E-state index in [1.807, 2.05) is 0 Å². The standard InChI is InChI=1S/C3H6OSe2.6CO.2Fe/c4-3(1-5)2-6;6*1-2;;/h3-4H,1-2H2;;;;;;;;/q;;;;;;;2*+3. The summed E-state index contributed by atoms with van der Waals surface area (Å²) >= 11 is 5.45. The molecule has 0 saturated carbocycles. The first-order chi connectivity index (χ1) is 8.81. The Kier molecular flexibility index (Phi) is 653. The first-order valence-corrected chi connectivity index (χ1v) is 5.30. The second kappa shape index (κ2) is 222. The largest absolute Gasteiger partial charge is 3.00 e. The number of aliphatic hydroxyl groups excluding tert-OH is 1. The minimum atomic E-state index is -0.176. The van der Waals surface area contributed by atoms with Crippen LogP contribution in [0.1, 0.15) is 0 Å². The molecule has 0 atom stereocenters. The van der Waals surface area contributed by atoms with Gasteiger partial charge in [-0.3, -0.25) is 0 Å². The van der Waals surface area contributed by atoms with Gasteiger partial charge in [0.1, 0.15) is 0 Å². The molecule has 0 aliphatic carbocycles. The van der Waals surface area contributed by atoms with Gasteiger partial charge in [0.15, 0.2) is 0 Å². The van der Waals surface area contributed by atoms with Gasteiger partial charge in [-0.1, -0.05) is 0 Å². The summed E-state index contributed by atoms with van der Waals surface area (Å²) in [7, 11) is 0. The van der Waals surface area contributed by atoms with Crippen LogP contribution in [0.15, 0.2) is 0 Å². The van der Waals surface area contributed by atoms with Crippen LogP contribution in [0.3, 0.4) is 0 Å². The smallest absolute Gasteiger partial charge is 3.00 e. The normalized spacial score (nSPS) is 3.60. The molecule has 0 unspecified atom stereocenters. The van der Waals surface area contributed by atoms with E-state index in [2.05, 4.69) is 71.9 Å². The van der Waals surface area contributed by atoms with E-state index in [1.165, 1.54) is 0 Å². The van der Waals surface area contributed by atoms with E-state index in [9.17, 15) is 0 Å². The minimum Gasteiger partial charge on any atom is 3.00 e. The Balaban J connectivity index is -0.0000000109. The van der Waals surface area contributed by atoms with Crippen LogP contribution >= 0.6 is 0 Å². The van der Waals surface area contributed by atoms with Crippen LogP contribution in [0.2, 0.25) is 10.6 Å². The summed E-state index contributed by atoms with van der Waals surface area (Å²) in [6, 6.07) is 0. The molecule has 0 bridgehead atoms. The van der Waals surface area contributed by atoms with Crippen molar-refractivity contribution < 1.29 is 67.2 Å². The topological polar surface area (TPSA) is 140 Å². The van der Waals surface area contributed by atoms with Crippen LogP contribution in [-0.4, -0.2) is 43.2 Å². The molecule has 0 aromatic rings. The summed E-state index contributed by atoms with van der Waals surface area (Å²) in [5, 5.41) is 10.1. The summed E-state index contributed by atoms with van der Waals surface area (Å²) in [6.07, 6.45) is -0.176. The minimum absolute atomic E-state index is 0. The molecule has 7 nitrogen and oxygen atoms in total. The van der Waals surface area contributed by atoms with Crippen molar-refractivity contribution in [1.82, 2.24) is 0 Å². The SMILES string of the molecule is OC(C[Se])C[Se].[C-]#[O+].[C-]#[O+].[C-]#[O+].[C-]#[O+].[C-]#[O+].[C-]#[O+].[Fe+3].[Fe+3]. The fraction of sp³-hybridized carbons (Fsp3) is 0.333. The van der Waals surface area contributed by atoms with Crippen LogP contribution in [0.4, 0.5) is 0 Å². The molecule has 0 aromatic carbocycles. The van der Waals surface area contributed by atoms with E-state index in [-0.39, 0.29) is 40.2 Å². The van der Waals surface area contributed by atoms with Crippen molar-refractivity contribution in [2.45, 2.75) is 16.7 Å². The van der Waals surface area contributed by atoms with Crippen molar-refractivity contribution >= 4 is 32.0 Å². The van der Waals surface area contributed by atoms with Crippen molar-refractivity contribution in [1.29, 1.82) is 0 Å². The Hall–Kier alpha value is 0.478. The van der Waals surface area contributed by atoms with Crippen molar-refractivity contribution in [3.63, 3.8) is 0 Å². The third-order valence-corrected chi connectivity index (χ3v) is 2.00. The monoisotopic (exact) mass is 498 g/mol. The molecule has 20 heavy (non-hydrogen) atoms. The van der Waals surface area contributed by atoms with Crippen molar-refractivity contribution in [2.24, 2.45) is 0 Å². The van der Waals surface area contributed by atoms with E-state index in [4.69, 9.17) is 33.0 Å². The molecule has 0 amide bonds. The van der Waals surface area contributed by atoms with Gasteiger partial charge in [0.05, 0.1) is 0 Å². The average molecular weight is 496 g/mol. The Morgan fingerprint density at radius 1 is 0.600 bits per heavy atom. The molecule has 1 N–H and O–H groups in total. The van der Waals surface area contributed by atoms with Crippen LogP contribution < -0.4 is 0 Å². The molecular weight excluding hydrogens is 490 g/mol. The molecule has 0 saturated heterocycles. The maximum Gasteiger partial charge on any atom is 3.00 e. The van der Waals surface area contributed by atoms with Gasteiger partial charge in [-0.2, -0.15) is 0 Å². The molecule has 106 valence electrons. The number of hydrogen-bond acceptors (Lipinski definition) is 1. The molecule has 11 heteroatoms. The third-order valence-electron chi connectivity index (χ3n) is 0.385. The summed E-state index contributed by atoms with van der Waals surface area (Å²) in [5.41, 5.74) is 0. The first kappa shape index (κ1) is 59.0.